The van der Waals surface area contributed by atoms with E-state index in [4.69, 9.17) is 5.73 Å². The Labute approximate surface area is 120 Å². The molecule has 0 radical (unpaired) electrons. The average molecular weight is 278 g/mol. The highest BCUT2D eigenvalue weighted by atomic mass is 19.1. The van der Waals surface area contributed by atoms with Crippen molar-refractivity contribution >= 4 is 11.6 Å². The fourth-order valence-electron chi connectivity index (χ4n) is 2.98. The minimum atomic E-state index is -0.479. The van der Waals surface area contributed by atoms with E-state index in [9.17, 15) is 9.18 Å². The number of nitrogens with zero attached hydrogens (tertiary/aromatic N) is 1. The zero-order valence-corrected chi connectivity index (χ0v) is 12.2. The summed E-state index contributed by atoms with van der Waals surface area (Å²) in [6.07, 6.45) is 3.70. The number of carbonyl (C=O) groups excluding carboxylic acids is 1. The minimum absolute atomic E-state index is 0.0116. The van der Waals surface area contributed by atoms with Gasteiger partial charge in [-0.1, -0.05) is 13.0 Å². The van der Waals surface area contributed by atoms with E-state index in [1.807, 2.05) is 0 Å². The van der Waals surface area contributed by atoms with Gasteiger partial charge < -0.3 is 10.6 Å². The van der Waals surface area contributed by atoms with Crippen molar-refractivity contribution in [3.63, 3.8) is 0 Å². The predicted octanol–water partition coefficient (Wildman–Crippen LogP) is 2.94. The Kier molecular flexibility index (Phi) is 4.43. The summed E-state index contributed by atoms with van der Waals surface area (Å²) in [5.41, 5.74) is 6.01. The zero-order valence-electron chi connectivity index (χ0n) is 12.2. The molecule has 1 fully saturated rings. The number of hydrogen-bond donors (Lipinski definition) is 1. The molecule has 0 spiro atoms. The predicted molar refractivity (Wildman–Crippen MR) is 78.9 cm³/mol. The zero-order chi connectivity index (χ0) is 14.8. The molecule has 0 aromatic heterocycles. The summed E-state index contributed by atoms with van der Waals surface area (Å²) in [5.74, 6) is 0.334. The van der Waals surface area contributed by atoms with Crippen LogP contribution in [0.25, 0.3) is 0 Å². The fraction of sp³-hybridized carbons (Fsp3) is 0.562. The van der Waals surface area contributed by atoms with Gasteiger partial charge in [-0.25, -0.2) is 4.39 Å². The van der Waals surface area contributed by atoms with Gasteiger partial charge in [-0.15, -0.1) is 0 Å². The summed E-state index contributed by atoms with van der Waals surface area (Å²) in [6.45, 7) is 2.57. The number of carbonyl (C=O) groups is 1. The van der Waals surface area contributed by atoms with Crippen molar-refractivity contribution in [2.75, 3.05) is 18.5 Å². The molecule has 110 valence electrons. The number of hydrogen-bond acceptors (Lipinski definition) is 2. The van der Waals surface area contributed by atoms with E-state index < -0.39 is 5.41 Å². The molecule has 1 aliphatic carbocycles. The molecule has 1 aliphatic rings. The van der Waals surface area contributed by atoms with E-state index in [1.165, 1.54) is 12.1 Å². The molecule has 0 atom stereocenters. The third kappa shape index (κ3) is 2.85. The van der Waals surface area contributed by atoms with Gasteiger partial charge in [0.25, 0.3) is 0 Å². The lowest BCUT2D eigenvalue weighted by Crippen LogP contribution is -2.48. The van der Waals surface area contributed by atoms with E-state index in [-0.39, 0.29) is 11.7 Å². The van der Waals surface area contributed by atoms with Gasteiger partial charge in [0.2, 0.25) is 5.91 Å². The molecule has 1 aromatic rings. The molecule has 4 heteroatoms. The van der Waals surface area contributed by atoms with Gasteiger partial charge >= 0.3 is 0 Å². The lowest BCUT2D eigenvalue weighted by atomic mass is 9.70. The Morgan fingerprint density at radius 1 is 1.45 bits per heavy atom. The van der Waals surface area contributed by atoms with Crippen molar-refractivity contribution in [3.8, 4) is 0 Å². The van der Waals surface area contributed by atoms with Crippen molar-refractivity contribution in [2.24, 2.45) is 17.1 Å². The molecule has 0 bridgehead atoms. The highest BCUT2D eigenvalue weighted by Gasteiger charge is 2.41. The molecule has 20 heavy (non-hydrogen) atoms. The first kappa shape index (κ1) is 15.0. The number of anilines is 1. The normalized spacial score (nSPS) is 26.3. The Morgan fingerprint density at radius 3 is 2.65 bits per heavy atom. The Bertz CT molecular complexity index is 481. The second kappa shape index (κ2) is 5.92. The molecule has 1 saturated carbocycles. The minimum Gasteiger partial charge on any atom is -0.329 e. The highest BCUT2D eigenvalue weighted by Crippen LogP contribution is 2.40. The Balaban J connectivity index is 2.20. The lowest BCUT2D eigenvalue weighted by Gasteiger charge is -2.39. The highest BCUT2D eigenvalue weighted by molar-refractivity contribution is 5.97. The van der Waals surface area contributed by atoms with Gasteiger partial charge in [0.1, 0.15) is 5.82 Å². The van der Waals surface area contributed by atoms with E-state index in [1.54, 1.807) is 24.1 Å². The molecule has 2 N–H and O–H groups in total. The van der Waals surface area contributed by atoms with Crippen LogP contribution in [0.4, 0.5) is 10.1 Å². The molecule has 1 aromatic carbocycles. The first-order chi connectivity index (χ1) is 9.48. The summed E-state index contributed by atoms with van der Waals surface area (Å²) in [4.78, 5) is 14.3. The summed E-state index contributed by atoms with van der Waals surface area (Å²) in [6, 6.07) is 6.12. The third-order valence-corrected chi connectivity index (χ3v) is 4.58. The first-order valence-electron chi connectivity index (χ1n) is 7.22. The second-order valence-corrected chi connectivity index (χ2v) is 6.01. The maximum atomic E-state index is 13.3. The summed E-state index contributed by atoms with van der Waals surface area (Å²) in [7, 11) is 1.70. The molecular weight excluding hydrogens is 255 g/mol. The van der Waals surface area contributed by atoms with Gasteiger partial charge in [0.15, 0.2) is 0 Å². The number of rotatable bonds is 3. The Morgan fingerprint density at radius 2 is 2.10 bits per heavy atom. The van der Waals surface area contributed by atoms with Crippen LogP contribution >= 0.6 is 0 Å². The van der Waals surface area contributed by atoms with Gasteiger partial charge in [-0.2, -0.15) is 0 Å². The van der Waals surface area contributed by atoms with Gasteiger partial charge in [0, 0.05) is 19.3 Å². The van der Waals surface area contributed by atoms with Crippen LogP contribution < -0.4 is 10.6 Å². The maximum Gasteiger partial charge on any atom is 0.234 e. The van der Waals surface area contributed by atoms with E-state index in [2.05, 4.69) is 6.92 Å². The van der Waals surface area contributed by atoms with Gasteiger partial charge in [0.05, 0.1) is 5.41 Å². The third-order valence-electron chi connectivity index (χ3n) is 4.58. The molecule has 0 heterocycles. The van der Waals surface area contributed by atoms with Crippen LogP contribution in [0.1, 0.15) is 32.6 Å². The number of halogens is 1. The Hall–Kier alpha value is -1.42. The molecular formula is C16H23FN2O. The number of amides is 1. The van der Waals surface area contributed by atoms with E-state index in [0.717, 1.165) is 25.7 Å². The second-order valence-electron chi connectivity index (χ2n) is 6.01. The maximum absolute atomic E-state index is 13.3. The van der Waals surface area contributed by atoms with Gasteiger partial charge in [-0.3, -0.25) is 4.79 Å². The van der Waals surface area contributed by atoms with Crippen LogP contribution in [0, 0.1) is 17.2 Å². The van der Waals surface area contributed by atoms with Crippen molar-refractivity contribution < 1.29 is 9.18 Å². The van der Waals surface area contributed by atoms with Crippen LogP contribution in [0.15, 0.2) is 24.3 Å². The SMILES string of the molecule is CC1CCC(CN)(C(=O)N(C)c2cccc(F)c2)CC1. The monoisotopic (exact) mass is 278 g/mol. The van der Waals surface area contributed by atoms with Gasteiger partial charge in [-0.05, 0) is 49.8 Å². The van der Waals surface area contributed by atoms with Crippen LogP contribution in [-0.4, -0.2) is 19.5 Å². The smallest absolute Gasteiger partial charge is 0.234 e. The fourth-order valence-corrected chi connectivity index (χ4v) is 2.98. The molecule has 1 amide bonds. The molecule has 0 saturated heterocycles. The van der Waals surface area contributed by atoms with E-state index in [0.29, 0.717) is 18.2 Å². The van der Waals surface area contributed by atoms with Crippen molar-refractivity contribution in [2.45, 2.75) is 32.6 Å². The standard InChI is InChI=1S/C16H23FN2O/c1-12-6-8-16(11-18,9-7-12)15(20)19(2)14-5-3-4-13(17)10-14/h3-5,10,12H,6-9,11,18H2,1-2H3. The van der Waals surface area contributed by atoms with Crippen LogP contribution in [-0.2, 0) is 4.79 Å². The van der Waals surface area contributed by atoms with Crippen molar-refractivity contribution in [1.29, 1.82) is 0 Å². The first-order valence-corrected chi connectivity index (χ1v) is 7.22. The summed E-state index contributed by atoms with van der Waals surface area (Å²) in [5, 5.41) is 0. The van der Waals surface area contributed by atoms with Crippen LogP contribution in [0.3, 0.4) is 0 Å². The largest absolute Gasteiger partial charge is 0.329 e. The van der Waals surface area contributed by atoms with Crippen molar-refractivity contribution in [3.05, 3.63) is 30.1 Å². The van der Waals surface area contributed by atoms with Crippen LogP contribution in [0.2, 0.25) is 0 Å². The molecule has 2 rings (SSSR count). The molecule has 3 nitrogen and oxygen atoms in total. The topological polar surface area (TPSA) is 46.3 Å². The molecule has 0 aliphatic heterocycles. The van der Waals surface area contributed by atoms with Crippen molar-refractivity contribution in [1.82, 2.24) is 0 Å². The average Bonchev–Trinajstić information content (AvgIpc) is 2.47. The quantitative estimate of drug-likeness (QED) is 0.924. The molecule has 0 unspecified atom stereocenters. The summed E-state index contributed by atoms with van der Waals surface area (Å²) < 4.78 is 13.3. The lowest BCUT2D eigenvalue weighted by molar-refractivity contribution is -0.129. The van der Waals surface area contributed by atoms with E-state index >= 15 is 0 Å². The number of nitrogens with two attached hydrogens (primary N) is 1. The summed E-state index contributed by atoms with van der Waals surface area (Å²) >= 11 is 0. The number of benzene rings is 1. The van der Waals surface area contributed by atoms with Crippen LogP contribution in [0.5, 0.6) is 0 Å².